The van der Waals surface area contributed by atoms with Gasteiger partial charge in [0.2, 0.25) is 0 Å². The van der Waals surface area contributed by atoms with Crippen LogP contribution in [0.3, 0.4) is 0 Å². The Bertz CT molecular complexity index is 1670. The summed E-state index contributed by atoms with van der Waals surface area (Å²) in [7, 11) is 0. The first-order valence-corrected chi connectivity index (χ1v) is 13.1. The molecule has 0 amide bonds. The van der Waals surface area contributed by atoms with Gasteiger partial charge in [-0.3, -0.25) is 0 Å². The van der Waals surface area contributed by atoms with Crippen LogP contribution in [0.4, 0.5) is 4.39 Å². The third-order valence-corrected chi connectivity index (χ3v) is 7.61. The normalized spacial score (nSPS) is 11.7. The zero-order chi connectivity index (χ0) is 26.0. The van der Waals surface area contributed by atoms with Crippen molar-refractivity contribution < 1.29 is 4.39 Å². The lowest BCUT2D eigenvalue weighted by atomic mass is 9.77. The molecule has 0 N–H and O–H groups in total. The second-order valence-electron chi connectivity index (χ2n) is 8.89. The van der Waals surface area contributed by atoms with Crippen LogP contribution in [0.2, 0.25) is 0 Å². The zero-order valence-corrected chi connectivity index (χ0v) is 21.1. The fourth-order valence-electron chi connectivity index (χ4n) is 5.11. The maximum Gasteiger partial charge on any atom is 0.152 e. The molecule has 0 aliphatic heterocycles. The second-order valence-corrected chi connectivity index (χ2v) is 9.87. The molecule has 0 spiro atoms. The van der Waals surface area contributed by atoms with Gasteiger partial charge in [-0.05, 0) is 52.4 Å². The molecule has 3 nitrogen and oxygen atoms in total. The molecule has 0 fully saturated rings. The number of aromatic nitrogens is 2. The minimum absolute atomic E-state index is 0.00689. The first-order chi connectivity index (χ1) is 18.7. The number of benzene rings is 4. The molecule has 2 heterocycles. The van der Waals surface area contributed by atoms with Crippen LogP contribution in [0, 0.1) is 17.1 Å². The molecule has 0 atom stereocenters. The van der Waals surface area contributed by atoms with Crippen molar-refractivity contribution in [3.05, 3.63) is 159 Å². The fraction of sp³-hybridized carbons (Fsp3) is 0.0303. The minimum Gasteiger partial charge on any atom is -0.245 e. The van der Waals surface area contributed by atoms with E-state index in [0.717, 1.165) is 21.6 Å². The topological polar surface area (TPSA) is 41.6 Å². The van der Waals surface area contributed by atoms with E-state index in [1.807, 2.05) is 95.0 Å². The Morgan fingerprint density at radius 1 is 0.737 bits per heavy atom. The Morgan fingerprint density at radius 3 is 1.82 bits per heavy atom. The molecule has 0 aliphatic rings. The van der Waals surface area contributed by atoms with Crippen LogP contribution in [0.5, 0.6) is 0 Å². The summed E-state index contributed by atoms with van der Waals surface area (Å²) < 4.78 is 17.8. The van der Waals surface area contributed by atoms with E-state index in [2.05, 4.69) is 36.4 Å². The Labute approximate surface area is 224 Å². The van der Waals surface area contributed by atoms with E-state index >= 15 is 4.39 Å². The van der Waals surface area contributed by atoms with Crippen molar-refractivity contribution in [2.45, 2.75) is 5.54 Å². The zero-order valence-electron chi connectivity index (χ0n) is 20.3. The van der Waals surface area contributed by atoms with Crippen molar-refractivity contribution >= 4 is 34.4 Å². The van der Waals surface area contributed by atoms with Crippen molar-refractivity contribution in [3.63, 3.8) is 0 Å². The van der Waals surface area contributed by atoms with E-state index in [-0.39, 0.29) is 5.56 Å². The van der Waals surface area contributed by atoms with Gasteiger partial charge in [-0.1, -0.05) is 97.1 Å². The number of nitriles is 1. The highest BCUT2D eigenvalue weighted by Crippen LogP contribution is 2.43. The van der Waals surface area contributed by atoms with Gasteiger partial charge in [-0.2, -0.15) is 10.4 Å². The van der Waals surface area contributed by atoms with Crippen LogP contribution < -0.4 is 0 Å². The van der Waals surface area contributed by atoms with Crippen LogP contribution in [0.1, 0.15) is 32.8 Å². The van der Waals surface area contributed by atoms with E-state index in [4.69, 9.17) is 5.10 Å². The average Bonchev–Trinajstić information content (AvgIpc) is 3.63. The van der Waals surface area contributed by atoms with E-state index in [9.17, 15) is 5.26 Å². The minimum atomic E-state index is -0.905. The maximum absolute atomic E-state index is 15.9. The Hall–Kier alpha value is -4.79. The number of rotatable bonds is 6. The van der Waals surface area contributed by atoms with Crippen molar-refractivity contribution in [3.8, 4) is 6.07 Å². The van der Waals surface area contributed by atoms with Gasteiger partial charge in [0.1, 0.15) is 11.6 Å². The van der Waals surface area contributed by atoms with Gasteiger partial charge in [-0.15, -0.1) is 11.3 Å². The lowest BCUT2D eigenvalue weighted by Gasteiger charge is -2.37. The molecule has 182 valence electrons. The smallest absolute Gasteiger partial charge is 0.152 e. The predicted molar refractivity (Wildman–Crippen MR) is 152 cm³/mol. The highest BCUT2D eigenvalue weighted by molar-refractivity contribution is 7.10. The summed E-state index contributed by atoms with van der Waals surface area (Å²) in [6.07, 6.45) is 3.77. The maximum atomic E-state index is 15.9. The number of halogens is 1. The quantitative estimate of drug-likeness (QED) is 0.212. The standard InChI is InChI=1S/C33H22FN3S/c34-32-24(23-35)18-21-30-31(32)29(20-19-28-17-10-22-38-28)36-37(30)33(25-11-4-1-5-12-25,26-13-6-2-7-14-26)27-15-8-3-9-16-27/h1-22H. The SMILES string of the molecule is N#Cc1ccc2c(c(C=Cc3cccs3)nn2C(c2ccccc2)(c2ccccc2)c2ccccc2)c1F. The summed E-state index contributed by atoms with van der Waals surface area (Å²) in [6, 6.07) is 39.8. The molecule has 0 saturated heterocycles. The number of thiophene rings is 1. The van der Waals surface area contributed by atoms with Crippen molar-refractivity contribution in [2.24, 2.45) is 0 Å². The van der Waals surface area contributed by atoms with Gasteiger partial charge >= 0.3 is 0 Å². The summed E-state index contributed by atoms with van der Waals surface area (Å²) in [5, 5.41) is 17.0. The number of hydrogen-bond acceptors (Lipinski definition) is 3. The van der Waals surface area contributed by atoms with E-state index in [1.165, 1.54) is 6.07 Å². The monoisotopic (exact) mass is 511 g/mol. The van der Waals surface area contributed by atoms with E-state index in [1.54, 1.807) is 17.4 Å². The predicted octanol–water partition coefficient (Wildman–Crippen LogP) is 8.12. The van der Waals surface area contributed by atoms with Gasteiger partial charge in [0.05, 0.1) is 22.2 Å². The molecule has 6 aromatic rings. The van der Waals surface area contributed by atoms with Gasteiger partial charge in [0, 0.05) is 4.88 Å². The third-order valence-electron chi connectivity index (χ3n) is 6.77. The van der Waals surface area contributed by atoms with Crippen LogP contribution in [-0.4, -0.2) is 9.78 Å². The van der Waals surface area contributed by atoms with Gasteiger partial charge < -0.3 is 0 Å². The molecule has 0 unspecified atom stereocenters. The van der Waals surface area contributed by atoms with Crippen LogP contribution >= 0.6 is 11.3 Å². The number of nitrogens with zero attached hydrogens (tertiary/aromatic N) is 3. The van der Waals surface area contributed by atoms with Crippen molar-refractivity contribution in [2.75, 3.05) is 0 Å². The molecule has 38 heavy (non-hydrogen) atoms. The summed E-state index contributed by atoms with van der Waals surface area (Å²) >= 11 is 1.59. The molecule has 4 aromatic carbocycles. The molecule has 6 rings (SSSR count). The third kappa shape index (κ3) is 3.83. The van der Waals surface area contributed by atoms with Crippen molar-refractivity contribution in [1.29, 1.82) is 5.26 Å². The highest BCUT2D eigenvalue weighted by Gasteiger charge is 2.41. The Balaban J connectivity index is 1.76. The Kier molecular flexibility index (Phi) is 6.17. The van der Waals surface area contributed by atoms with Crippen molar-refractivity contribution in [1.82, 2.24) is 9.78 Å². The highest BCUT2D eigenvalue weighted by atomic mass is 32.1. The van der Waals surface area contributed by atoms with Gasteiger partial charge in [-0.25, -0.2) is 9.07 Å². The lowest BCUT2D eigenvalue weighted by molar-refractivity contribution is 0.475. The summed E-state index contributed by atoms with van der Waals surface area (Å²) in [6.45, 7) is 0. The Morgan fingerprint density at radius 2 is 1.32 bits per heavy atom. The van der Waals surface area contributed by atoms with Crippen LogP contribution in [-0.2, 0) is 5.54 Å². The summed E-state index contributed by atoms with van der Waals surface area (Å²) in [5.41, 5.74) is 3.12. The molecular weight excluding hydrogens is 489 g/mol. The molecule has 0 bridgehead atoms. The van der Waals surface area contributed by atoms with Crippen LogP contribution in [0.25, 0.3) is 23.1 Å². The second kappa shape index (κ2) is 9.93. The first-order valence-electron chi connectivity index (χ1n) is 12.2. The molecule has 0 radical (unpaired) electrons. The van der Waals surface area contributed by atoms with E-state index < -0.39 is 11.4 Å². The lowest BCUT2D eigenvalue weighted by Crippen LogP contribution is -2.38. The molecule has 0 aliphatic carbocycles. The van der Waals surface area contributed by atoms with Gasteiger partial charge in [0.25, 0.3) is 0 Å². The molecule has 2 aromatic heterocycles. The molecule has 5 heteroatoms. The fourth-order valence-corrected chi connectivity index (χ4v) is 5.73. The summed E-state index contributed by atoms with van der Waals surface area (Å²) in [4.78, 5) is 1.03. The number of fused-ring (bicyclic) bond motifs is 1. The average molecular weight is 512 g/mol. The van der Waals surface area contributed by atoms with Gasteiger partial charge in [0.15, 0.2) is 5.82 Å². The molecular formula is C33H22FN3S. The van der Waals surface area contributed by atoms with Crippen LogP contribution in [0.15, 0.2) is 121 Å². The van der Waals surface area contributed by atoms with E-state index in [0.29, 0.717) is 16.6 Å². The molecule has 0 saturated carbocycles. The largest absolute Gasteiger partial charge is 0.245 e. The first kappa shape index (κ1) is 23.6. The summed E-state index contributed by atoms with van der Waals surface area (Å²) in [5.74, 6) is -0.565. The number of hydrogen-bond donors (Lipinski definition) is 0.